The lowest BCUT2D eigenvalue weighted by Crippen LogP contribution is -2.33. The molecular weight excluding hydrogens is 328 g/mol. The Morgan fingerprint density at radius 3 is 2.54 bits per heavy atom. The third-order valence-electron chi connectivity index (χ3n) is 4.37. The first kappa shape index (κ1) is 17.7. The predicted molar refractivity (Wildman–Crippen MR) is 102 cm³/mol. The zero-order valence-corrected chi connectivity index (χ0v) is 15.2. The highest BCUT2D eigenvalue weighted by molar-refractivity contribution is 5.95. The molecule has 2 N–H and O–H groups in total. The van der Waals surface area contributed by atoms with E-state index in [1.807, 2.05) is 57.2 Å². The molecule has 0 saturated carbocycles. The van der Waals surface area contributed by atoms with Crippen molar-refractivity contribution >= 4 is 28.5 Å². The molecule has 0 radical (unpaired) electrons. The number of amides is 2. The summed E-state index contributed by atoms with van der Waals surface area (Å²) in [5.74, 6) is -0.474. The number of rotatable bonds is 5. The van der Waals surface area contributed by atoms with Crippen molar-refractivity contribution in [2.75, 3.05) is 11.9 Å². The maximum Gasteiger partial charge on any atom is 0.243 e. The van der Waals surface area contributed by atoms with Crippen LogP contribution in [0.5, 0.6) is 0 Å². The van der Waals surface area contributed by atoms with E-state index in [0.717, 1.165) is 38.9 Å². The molecule has 0 aliphatic rings. The minimum atomic E-state index is -0.257. The van der Waals surface area contributed by atoms with Gasteiger partial charge >= 0.3 is 0 Å². The molecule has 0 aliphatic carbocycles. The number of aryl methyl sites for hydroxylation is 3. The first-order valence-electron chi connectivity index (χ1n) is 8.53. The molecule has 26 heavy (non-hydrogen) atoms. The first-order chi connectivity index (χ1) is 12.4. The van der Waals surface area contributed by atoms with Crippen molar-refractivity contribution in [3.05, 3.63) is 64.9 Å². The molecule has 134 valence electrons. The first-order valence-corrected chi connectivity index (χ1v) is 8.53. The third-order valence-corrected chi connectivity index (χ3v) is 4.37. The Labute approximate surface area is 152 Å². The second kappa shape index (κ2) is 7.44. The molecule has 0 aliphatic heterocycles. The van der Waals surface area contributed by atoms with E-state index in [0.29, 0.717) is 0 Å². The Morgan fingerprint density at radius 2 is 1.77 bits per heavy atom. The SMILES string of the molecule is Cc1cccc(NC(=O)CNC(=O)Cc2coc3cc(C)c(C)cc23)c1. The van der Waals surface area contributed by atoms with E-state index in [1.165, 1.54) is 0 Å². The minimum absolute atomic E-state index is 0.0688. The quantitative estimate of drug-likeness (QED) is 0.738. The van der Waals surface area contributed by atoms with Gasteiger partial charge in [0, 0.05) is 16.6 Å². The second-order valence-corrected chi connectivity index (χ2v) is 6.56. The van der Waals surface area contributed by atoms with Crippen LogP contribution in [0.25, 0.3) is 11.0 Å². The molecule has 2 amide bonds. The van der Waals surface area contributed by atoms with Crippen LogP contribution < -0.4 is 10.6 Å². The fourth-order valence-electron chi connectivity index (χ4n) is 2.82. The number of nitrogens with one attached hydrogen (secondary N) is 2. The molecule has 0 atom stereocenters. The van der Waals surface area contributed by atoms with Gasteiger partial charge in [-0.25, -0.2) is 0 Å². The van der Waals surface area contributed by atoms with Crippen molar-refractivity contribution in [1.82, 2.24) is 5.32 Å². The van der Waals surface area contributed by atoms with Crippen molar-refractivity contribution in [1.29, 1.82) is 0 Å². The Morgan fingerprint density at radius 1 is 1.00 bits per heavy atom. The fraction of sp³-hybridized carbons (Fsp3) is 0.238. The van der Waals surface area contributed by atoms with Gasteiger partial charge in [0.05, 0.1) is 19.2 Å². The van der Waals surface area contributed by atoms with Crippen molar-refractivity contribution in [2.24, 2.45) is 0 Å². The summed E-state index contributed by atoms with van der Waals surface area (Å²) in [6.45, 7) is 5.94. The normalized spacial score (nSPS) is 10.7. The monoisotopic (exact) mass is 350 g/mol. The summed E-state index contributed by atoms with van der Waals surface area (Å²) in [4.78, 5) is 24.2. The zero-order chi connectivity index (χ0) is 18.7. The van der Waals surface area contributed by atoms with Crippen LogP contribution in [0.1, 0.15) is 22.3 Å². The Hall–Kier alpha value is -3.08. The maximum atomic E-state index is 12.2. The average Bonchev–Trinajstić information content (AvgIpc) is 2.95. The molecule has 3 aromatic rings. The molecule has 0 unspecified atom stereocenters. The van der Waals surface area contributed by atoms with E-state index in [1.54, 1.807) is 6.26 Å². The fourth-order valence-corrected chi connectivity index (χ4v) is 2.82. The lowest BCUT2D eigenvalue weighted by molar-refractivity contribution is -0.123. The molecule has 0 spiro atoms. The summed E-state index contributed by atoms with van der Waals surface area (Å²) in [5.41, 5.74) is 5.67. The highest BCUT2D eigenvalue weighted by Gasteiger charge is 2.12. The number of hydrogen-bond donors (Lipinski definition) is 2. The van der Waals surface area contributed by atoms with Crippen LogP contribution in [0.3, 0.4) is 0 Å². The molecule has 2 aromatic carbocycles. The van der Waals surface area contributed by atoms with Gasteiger partial charge in [-0.2, -0.15) is 0 Å². The summed E-state index contributed by atoms with van der Waals surface area (Å²) in [6.07, 6.45) is 1.78. The molecule has 3 rings (SSSR count). The topological polar surface area (TPSA) is 71.3 Å². The van der Waals surface area contributed by atoms with Crippen molar-refractivity contribution in [3.63, 3.8) is 0 Å². The number of anilines is 1. The largest absolute Gasteiger partial charge is 0.464 e. The molecule has 5 nitrogen and oxygen atoms in total. The number of hydrogen-bond acceptors (Lipinski definition) is 3. The van der Waals surface area contributed by atoms with Gasteiger partial charge in [0.1, 0.15) is 5.58 Å². The summed E-state index contributed by atoms with van der Waals surface area (Å²) in [7, 11) is 0. The van der Waals surface area contributed by atoms with Crippen LogP contribution in [-0.2, 0) is 16.0 Å². The summed E-state index contributed by atoms with van der Waals surface area (Å²) in [6, 6.07) is 11.5. The van der Waals surface area contributed by atoms with Crippen LogP contribution in [0, 0.1) is 20.8 Å². The zero-order valence-electron chi connectivity index (χ0n) is 15.2. The van der Waals surface area contributed by atoms with Crippen LogP contribution in [0.4, 0.5) is 5.69 Å². The number of benzene rings is 2. The van der Waals surface area contributed by atoms with Gasteiger partial charge in [-0.1, -0.05) is 12.1 Å². The van der Waals surface area contributed by atoms with E-state index < -0.39 is 0 Å². The Kier molecular flexibility index (Phi) is 5.07. The Balaban J connectivity index is 1.57. The van der Waals surface area contributed by atoms with Crippen LogP contribution in [0.15, 0.2) is 47.1 Å². The van der Waals surface area contributed by atoms with Crippen molar-refractivity contribution < 1.29 is 14.0 Å². The van der Waals surface area contributed by atoms with Gasteiger partial charge in [0.25, 0.3) is 0 Å². The van der Waals surface area contributed by atoms with E-state index in [2.05, 4.69) is 10.6 Å². The smallest absolute Gasteiger partial charge is 0.243 e. The third kappa shape index (κ3) is 4.11. The molecule has 0 saturated heterocycles. The number of fused-ring (bicyclic) bond motifs is 1. The van der Waals surface area contributed by atoms with E-state index in [9.17, 15) is 9.59 Å². The highest BCUT2D eigenvalue weighted by Crippen LogP contribution is 2.25. The molecule has 0 bridgehead atoms. The summed E-state index contributed by atoms with van der Waals surface area (Å²) in [5, 5.41) is 6.36. The Bertz CT molecular complexity index is 973. The van der Waals surface area contributed by atoms with E-state index in [-0.39, 0.29) is 24.8 Å². The molecule has 5 heteroatoms. The number of carbonyl (C=O) groups excluding carboxylic acids is 2. The molecule has 1 heterocycles. The molecular formula is C21H22N2O3. The van der Waals surface area contributed by atoms with Crippen LogP contribution in [-0.4, -0.2) is 18.4 Å². The van der Waals surface area contributed by atoms with Gasteiger partial charge in [-0.15, -0.1) is 0 Å². The molecule has 0 fully saturated rings. The van der Waals surface area contributed by atoms with Gasteiger partial charge < -0.3 is 15.1 Å². The summed E-state index contributed by atoms with van der Waals surface area (Å²) < 4.78 is 5.54. The van der Waals surface area contributed by atoms with Crippen molar-refractivity contribution in [2.45, 2.75) is 27.2 Å². The van der Waals surface area contributed by atoms with Crippen LogP contribution in [0.2, 0.25) is 0 Å². The standard InChI is InChI=1S/C21H22N2O3/c1-13-5-4-6-17(7-13)23-21(25)11-22-20(24)10-16-12-26-19-9-15(3)14(2)8-18(16)19/h4-9,12H,10-11H2,1-3H3,(H,22,24)(H,23,25). The van der Waals surface area contributed by atoms with Crippen LogP contribution >= 0.6 is 0 Å². The van der Waals surface area contributed by atoms with Crippen molar-refractivity contribution in [3.8, 4) is 0 Å². The lowest BCUT2D eigenvalue weighted by atomic mass is 10.0. The maximum absolute atomic E-state index is 12.2. The van der Waals surface area contributed by atoms with E-state index >= 15 is 0 Å². The van der Waals surface area contributed by atoms with Gasteiger partial charge in [-0.3, -0.25) is 9.59 Å². The average molecular weight is 350 g/mol. The second-order valence-electron chi connectivity index (χ2n) is 6.56. The molecule has 1 aromatic heterocycles. The number of furan rings is 1. The van der Waals surface area contributed by atoms with E-state index in [4.69, 9.17) is 4.42 Å². The lowest BCUT2D eigenvalue weighted by Gasteiger charge is -2.07. The predicted octanol–water partition coefficient (Wildman–Crippen LogP) is 3.66. The summed E-state index contributed by atoms with van der Waals surface area (Å²) >= 11 is 0. The highest BCUT2D eigenvalue weighted by atomic mass is 16.3. The number of carbonyl (C=O) groups is 2. The van der Waals surface area contributed by atoms with Gasteiger partial charge in [0.2, 0.25) is 11.8 Å². The van der Waals surface area contributed by atoms with Gasteiger partial charge in [0.15, 0.2) is 0 Å². The van der Waals surface area contributed by atoms with Gasteiger partial charge in [-0.05, 0) is 61.7 Å². The minimum Gasteiger partial charge on any atom is -0.464 e.